The van der Waals surface area contributed by atoms with E-state index in [1.54, 1.807) is 54.6 Å². The van der Waals surface area contributed by atoms with Gasteiger partial charge in [-0.2, -0.15) is 0 Å². The number of unbranched alkanes of at least 4 members (excludes halogenated alkanes) is 1. The van der Waals surface area contributed by atoms with Gasteiger partial charge >= 0.3 is 0 Å². The van der Waals surface area contributed by atoms with Gasteiger partial charge in [-0.1, -0.05) is 54.7 Å². The summed E-state index contributed by atoms with van der Waals surface area (Å²) in [7, 11) is 0. The lowest BCUT2D eigenvalue weighted by molar-refractivity contribution is -0.140. The lowest BCUT2D eigenvalue weighted by Crippen LogP contribution is -2.29. The van der Waals surface area contributed by atoms with Gasteiger partial charge in [0.05, 0.1) is 41.1 Å². The third kappa shape index (κ3) is 4.83. The van der Waals surface area contributed by atoms with Crippen LogP contribution >= 0.6 is 23.2 Å². The van der Waals surface area contributed by atoms with Crippen LogP contribution in [0.5, 0.6) is 5.75 Å². The zero-order chi connectivity index (χ0) is 24.2. The van der Waals surface area contributed by atoms with Crippen molar-refractivity contribution in [2.75, 3.05) is 6.61 Å². The molecule has 1 aromatic heterocycles. The normalized spacial score (nSPS) is 17.4. The number of nitrogens with zero attached hydrogens (tertiary/aromatic N) is 1. The SMILES string of the molecule is CCCCOc1cccc(C(O)=C2C(=O)C(=O)N(Cc3ccco3)C2c2ccc(Cl)c(Cl)c2)c1. The Kier molecular flexibility index (Phi) is 7.29. The molecule has 3 aromatic rings. The second kappa shape index (κ2) is 10.4. The van der Waals surface area contributed by atoms with Gasteiger partial charge in [0.2, 0.25) is 0 Å². The van der Waals surface area contributed by atoms with Crippen molar-refractivity contribution in [3.05, 3.63) is 93.4 Å². The van der Waals surface area contributed by atoms with E-state index in [9.17, 15) is 14.7 Å². The number of benzene rings is 2. The Labute approximate surface area is 207 Å². The summed E-state index contributed by atoms with van der Waals surface area (Å²) in [5.74, 6) is -0.772. The molecule has 34 heavy (non-hydrogen) atoms. The Morgan fingerprint density at radius 2 is 1.91 bits per heavy atom. The molecule has 0 radical (unpaired) electrons. The predicted molar refractivity (Wildman–Crippen MR) is 130 cm³/mol. The standard InChI is InChI=1S/C26H23Cl2NO5/c1-2-3-11-33-18-7-4-6-17(13-18)24(30)22-23(16-9-10-20(27)21(28)14-16)29(26(32)25(22)31)15-19-8-5-12-34-19/h4-10,12-14,23,30H,2-3,11,15H2,1H3. The molecule has 1 saturated heterocycles. The summed E-state index contributed by atoms with van der Waals surface area (Å²) >= 11 is 12.3. The summed E-state index contributed by atoms with van der Waals surface area (Å²) in [6, 6.07) is 14.2. The smallest absolute Gasteiger partial charge is 0.296 e. The molecule has 0 aliphatic carbocycles. The van der Waals surface area contributed by atoms with E-state index in [1.165, 1.54) is 11.2 Å². The largest absolute Gasteiger partial charge is 0.507 e. The number of Topliss-reactive ketones (excluding diaryl/α,β-unsaturated/α-hetero) is 1. The van der Waals surface area contributed by atoms with Crippen molar-refractivity contribution in [3.63, 3.8) is 0 Å². The summed E-state index contributed by atoms with van der Waals surface area (Å²) < 4.78 is 11.1. The highest BCUT2D eigenvalue weighted by atomic mass is 35.5. The first-order chi connectivity index (χ1) is 16.4. The highest BCUT2D eigenvalue weighted by Gasteiger charge is 2.46. The Morgan fingerprint density at radius 1 is 1.09 bits per heavy atom. The van der Waals surface area contributed by atoms with E-state index < -0.39 is 17.7 Å². The molecule has 2 aromatic carbocycles. The Balaban J connectivity index is 1.80. The second-order valence-electron chi connectivity index (χ2n) is 7.91. The number of hydrogen-bond donors (Lipinski definition) is 1. The minimum absolute atomic E-state index is 0.0411. The van der Waals surface area contributed by atoms with Gasteiger partial charge in [-0.15, -0.1) is 0 Å². The molecule has 176 valence electrons. The van der Waals surface area contributed by atoms with Crippen molar-refractivity contribution < 1.29 is 23.8 Å². The molecule has 1 N–H and O–H groups in total. The van der Waals surface area contributed by atoms with Crippen LogP contribution in [0.1, 0.15) is 42.7 Å². The fraction of sp³-hybridized carbons (Fsp3) is 0.231. The van der Waals surface area contributed by atoms with E-state index in [1.807, 2.05) is 0 Å². The average Bonchev–Trinajstić information content (AvgIpc) is 3.43. The molecule has 8 heteroatoms. The van der Waals surface area contributed by atoms with Gasteiger partial charge < -0.3 is 19.2 Å². The van der Waals surface area contributed by atoms with Gasteiger partial charge in [-0.05, 0) is 48.4 Å². The molecule has 1 aliphatic heterocycles. The molecule has 0 saturated carbocycles. The number of halogens is 2. The van der Waals surface area contributed by atoms with Crippen molar-refractivity contribution in [2.45, 2.75) is 32.4 Å². The molecule has 2 heterocycles. The van der Waals surface area contributed by atoms with E-state index in [2.05, 4.69) is 6.92 Å². The van der Waals surface area contributed by atoms with Crippen LogP contribution in [-0.2, 0) is 16.1 Å². The first-order valence-corrected chi connectivity index (χ1v) is 11.6. The maximum Gasteiger partial charge on any atom is 0.296 e. The van der Waals surface area contributed by atoms with Crippen LogP contribution in [0, 0.1) is 0 Å². The zero-order valence-electron chi connectivity index (χ0n) is 18.5. The topological polar surface area (TPSA) is 80.0 Å². The molecule has 0 bridgehead atoms. The van der Waals surface area contributed by atoms with Crippen LogP contribution in [0.3, 0.4) is 0 Å². The summed E-state index contributed by atoms with van der Waals surface area (Å²) in [5, 5.41) is 11.9. The zero-order valence-corrected chi connectivity index (χ0v) is 20.0. The molecule has 1 atom stereocenters. The first kappa shape index (κ1) is 23.9. The number of amides is 1. The molecule has 6 nitrogen and oxygen atoms in total. The van der Waals surface area contributed by atoms with Crippen LogP contribution in [0.2, 0.25) is 10.0 Å². The summed E-state index contributed by atoms with van der Waals surface area (Å²) in [5.41, 5.74) is 0.868. The van der Waals surface area contributed by atoms with Crippen LogP contribution in [0.15, 0.2) is 70.9 Å². The van der Waals surface area contributed by atoms with E-state index in [0.717, 1.165) is 12.8 Å². The maximum absolute atomic E-state index is 13.2. The number of likely N-dealkylation sites (tertiary alicyclic amines) is 1. The Hall–Kier alpha value is -3.22. The van der Waals surface area contributed by atoms with Gasteiger partial charge in [-0.25, -0.2) is 0 Å². The van der Waals surface area contributed by atoms with Gasteiger partial charge in [0.15, 0.2) is 0 Å². The van der Waals surface area contributed by atoms with Gasteiger partial charge in [0.25, 0.3) is 11.7 Å². The van der Waals surface area contributed by atoms with Crippen LogP contribution in [0.25, 0.3) is 5.76 Å². The monoisotopic (exact) mass is 499 g/mol. The van der Waals surface area contributed by atoms with Gasteiger partial charge in [0.1, 0.15) is 17.3 Å². The van der Waals surface area contributed by atoms with Crippen molar-refractivity contribution in [2.24, 2.45) is 0 Å². The number of furan rings is 1. The number of rotatable bonds is 8. The molecular formula is C26H23Cl2NO5. The van der Waals surface area contributed by atoms with Gasteiger partial charge in [-0.3, -0.25) is 9.59 Å². The van der Waals surface area contributed by atoms with Crippen LogP contribution in [0.4, 0.5) is 0 Å². The Bertz CT molecular complexity index is 1240. The fourth-order valence-corrected chi connectivity index (χ4v) is 4.17. The lowest BCUT2D eigenvalue weighted by Gasteiger charge is -2.24. The highest BCUT2D eigenvalue weighted by Crippen LogP contribution is 2.42. The van der Waals surface area contributed by atoms with E-state index in [4.69, 9.17) is 32.4 Å². The number of aliphatic hydroxyl groups excluding tert-OH is 1. The maximum atomic E-state index is 13.2. The Morgan fingerprint density at radius 3 is 2.62 bits per heavy atom. The number of aliphatic hydroxyl groups is 1. The van der Waals surface area contributed by atoms with Gasteiger partial charge in [0, 0.05) is 5.56 Å². The number of carbonyl (C=O) groups excluding carboxylic acids is 2. The average molecular weight is 500 g/mol. The van der Waals surface area contributed by atoms with Crippen molar-refractivity contribution in [1.29, 1.82) is 0 Å². The predicted octanol–water partition coefficient (Wildman–Crippen LogP) is 6.39. The number of ketones is 1. The molecule has 1 fully saturated rings. The summed E-state index contributed by atoms with van der Waals surface area (Å²) in [6.45, 7) is 2.65. The van der Waals surface area contributed by atoms with Crippen molar-refractivity contribution in [1.82, 2.24) is 4.90 Å². The lowest BCUT2D eigenvalue weighted by atomic mass is 9.95. The van der Waals surface area contributed by atoms with E-state index in [0.29, 0.717) is 34.3 Å². The van der Waals surface area contributed by atoms with Crippen LogP contribution < -0.4 is 4.74 Å². The molecule has 0 spiro atoms. The third-order valence-electron chi connectivity index (χ3n) is 5.58. The minimum atomic E-state index is -0.885. The van der Waals surface area contributed by atoms with Crippen LogP contribution in [-0.4, -0.2) is 28.3 Å². The number of ether oxygens (including phenoxy) is 1. The summed E-state index contributed by atoms with van der Waals surface area (Å²) in [4.78, 5) is 27.6. The molecule has 1 aliphatic rings. The highest BCUT2D eigenvalue weighted by molar-refractivity contribution is 6.46. The molecule has 4 rings (SSSR count). The van der Waals surface area contributed by atoms with Crippen molar-refractivity contribution in [3.8, 4) is 5.75 Å². The molecule has 1 amide bonds. The number of carbonyl (C=O) groups is 2. The number of hydrogen-bond acceptors (Lipinski definition) is 5. The summed E-state index contributed by atoms with van der Waals surface area (Å²) in [6.07, 6.45) is 3.37. The molecule has 1 unspecified atom stereocenters. The quantitative estimate of drug-likeness (QED) is 0.168. The second-order valence-corrected chi connectivity index (χ2v) is 8.72. The third-order valence-corrected chi connectivity index (χ3v) is 6.32. The van der Waals surface area contributed by atoms with Crippen molar-refractivity contribution >= 4 is 40.7 Å². The minimum Gasteiger partial charge on any atom is -0.507 e. The molecular weight excluding hydrogens is 477 g/mol. The first-order valence-electron chi connectivity index (χ1n) is 10.9. The van der Waals surface area contributed by atoms with E-state index in [-0.39, 0.29) is 22.9 Å². The fourth-order valence-electron chi connectivity index (χ4n) is 3.87. The van der Waals surface area contributed by atoms with E-state index >= 15 is 0 Å².